The van der Waals surface area contributed by atoms with Gasteiger partial charge in [0.05, 0.1) is 5.69 Å². The van der Waals surface area contributed by atoms with Gasteiger partial charge in [-0.05, 0) is 31.2 Å². The number of carbonyl (C=O) groups excluding carboxylic acids is 1. The minimum absolute atomic E-state index is 0.0435. The fourth-order valence-electron chi connectivity index (χ4n) is 1.92. The van der Waals surface area contributed by atoms with Gasteiger partial charge in [-0.15, -0.1) is 0 Å². The number of benzene rings is 1. The summed E-state index contributed by atoms with van der Waals surface area (Å²) in [5.74, 6) is 1.38. The first-order valence-electron chi connectivity index (χ1n) is 6.13. The standard InChI is InChI=1S/C14H14N4O/c1-9-14(19)17-11-7-8-12(18-13(11)15-9)16-10-5-3-2-4-6-10/h2-9H,1H3,(H,17,19)(H2,15,16,18)/t9-/m1/s1. The molecule has 5 heteroatoms. The van der Waals surface area contributed by atoms with E-state index in [1.54, 1.807) is 6.92 Å². The van der Waals surface area contributed by atoms with E-state index in [1.165, 1.54) is 0 Å². The Morgan fingerprint density at radius 3 is 2.74 bits per heavy atom. The number of nitrogens with zero attached hydrogens (tertiary/aromatic N) is 1. The third-order valence-corrected chi connectivity index (χ3v) is 2.95. The number of hydrogen-bond donors (Lipinski definition) is 3. The minimum atomic E-state index is -0.271. The van der Waals surface area contributed by atoms with E-state index in [4.69, 9.17) is 0 Å². The molecular formula is C14H14N4O. The van der Waals surface area contributed by atoms with Crippen LogP contribution in [0.2, 0.25) is 0 Å². The van der Waals surface area contributed by atoms with Gasteiger partial charge < -0.3 is 16.0 Å². The van der Waals surface area contributed by atoms with E-state index in [0.29, 0.717) is 11.5 Å². The van der Waals surface area contributed by atoms with Crippen molar-refractivity contribution in [1.82, 2.24) is 4.98 Å². The summed E-state index contributed by atoms with van der Waals surface area (Å²) in [5, 5.41) is 9.10. The lowest BCUT2D eigenvalue weighted by molar-refractivity contribution is -0.116. The zero-order valence-electron chi connectivity index (χ0n) is 10.5. The molecule has 1 aromatic carbocycles. The van der Waals surface area contributed by atoms with Gasteiger partial charge in [0, 0.05) is 5.69 Å². The molecule has 0 spiro atoms. The van der Waals surface area contributed by atoms with E-state index in [2.05, 4.69) is 20.9 Å². The normalized spacial score (nSPS) is 17.1. The summed E-state index contributed by atoms with van der Waals surface area (Å²) in [4.78, 5) is 16.0. The molecule has 5 nitrogen and oxygen atoms in total. The second kappa shape index (κ2) is 4.61. The first-order valence-corrected chi connectivity index (χ1v) is 6.13. The highest BCUT2D eigenvalue weighted by molar-refractivity contribution is 6.02. The van der Waals surface area contributed by atoms with E-state index >= 15 is 0 Å². The first-order chi connectivity index (χ1) is 9.22. The molecule has 0 radical (unpaired) electrons. The summed E-state index contributed by atoms with van der Waals surface area (Å²) in [6.07, 6.45) is 0. The van der Waals surface area contributed by atoms with E-state index in [1.807, 2.05) is 42.5 Å². The number of rotatable bonds is 2. The van der Waals surface area contributed by atoms with Crippen LogP contribution in [-0.2, 0) is 4.79 Å². The molecule has 3 rings (SSSR count). The topological polar surface area (TPSA) is 66.1 Å². The lowest BCUT2D eigenvalue weighted by Crippen LogP contribution is -2.36. The molecule has 0 bridgehead atoms. The molecule has 0 unspecified atom stereocenters. The van der Waals surface area contributed by atoms with Crippen LogP contribution in [0.1, 0.15) is 6.92 Å². The predicted molar refractivity (Wildman–Crippen MR) is 75.7 cm³/mol. The van der Waals surface area contributed by atoms with Crippen LogP contribution in [0.3, 0.4) is 0 Å². The third-order valence-electron chi connectivity index (χ3n) is 2.95. The number of amides is 1. The summed E-state index contributed by atoms with van der Waals surface area (Å²) >= 11 is 0. The number of para-hydroxylation sites is 1. The van der Waals surface area contributed by atoms with E-state index in [-0.39, 0.29) is 11.9 Å². The lowest BCUT2D eigenvalue weighted by Gasteiger charge is -2.23. The maximum atomic E-state index is 11.5. The van der Waals surface area contributed by atoms with Crippen LogP contribution in [0.4, 0.5) is 23.0 Å². The van der Waals surface area contributed by atoms with E-state index < -0.39 is 0 Å². The summed E-state index contributed by atoms with van der Waals surface area (Å²) in [6, 6.07) is 13.2. The Balaban J connectivity index is 1.86. The molecule has 0 saturated carbocycles. The molecular weight excluding hydrogens is 240 g/mol. The largest absolute Gasteiger partial charge is 0.357 e. The van der Waals surface area contributed by atoms with Crippen molar-refractivity contribution in [3.05, 3.63) is 42.5 Å². The molecule has 0 aliphatic carbocycles. The Hall–Kier alpha value is -2.56. The quantitative estimate of drug-likeness (QED) is 0.770. The SMILES string of the molecule is C[C@H]1Nc2nc(Nc3ccccc3)ccc2NC1=O. The Kier molecular flexibility index (Phi) is 2.79. The molecule has 2 heterocycles. The van der Waals surface area contributed by atoms with Gasteiger partial charge in [0.25, 0.3) is 0 Å². The van der Waals surface area contributed by atoms with Gasteiger partial charge in [0.2, 0.25) is 5.91 Å². The Morgan fingerprint density at radius 1 is 1.16 bits per heavy atom. The number of hydrogen-bond acceptors (Lipinski definition) is 4. The van der Waals surface area contributed by atoms with Gasteiger partial charge >= 0.3 is 0 Å². The number of carbonyl (C=O) groups is 1. The van der Waals surface area contributed by atoms with Crippen molar-refractivity contribution < 1.29 is 4.79 Å². The van der Waals surface area contributed by atoms with Gasteiger partial charge in [-0.25, -0.2) is 4.98 Å². The number of aromatic nitrogens is 1. The first kappa shape index (κ1) is 11.5. The van der Waals surface area contributed by atoms with Crippen LogP contribution >= 0.6 is 0 Å². The monoisotopic (exact) mass is 254 g/mol. The molecule has 3 N–H and O–H groups in total. The molecule has 2 aromatic rings. The van der Waals surface area contributed by atoms with Crippen molar-refractivity contribution in [3.63, 3.8) is 0 Å². The fourth-order valence-corrected chi connectivity index (χ4v) is 1.92. The number of nitrogens with one attached hydrogen (secondary N) is 3. The Labute approximate surface area is 111 Å². The highest BCUT2D eigenvalue weighted by atomic mass is 16.2. The molecule has 1 aliphatic rings. The van der Waals surface area contributed by atoms with Crippen molar-refractivity contribution in [2.45, 2.75) is 13.0 Å². The molecule has 1 aliphatic heterocycles. The van der Waals surface area contributed by atoms with E-state index in [9.17, 15) is 4.79 Å². The Bertz CT molecular complexity index is 612. The molecule has 0 saturated heterocycles. The second-order valence-corrected chi connectivity index (χ2v) is 4.44. The van der Waals surface area contributed by atoms with Crippen LogP contribution in [-0.4, -0.2) is 16.9 Å². The maximum absolute atomic E-state index is 11.5. The second-order valence-electron chi connectivity index (χ2n) is 4.44. The summed E-state index contributed by atoms with van der Waals surface area (Å²) in [6.45, 7) is 1.80. The van der Waals surface area contributed by atoms with Crippen LogP contribution in [0.5, 0.6) is 0 Å². The van der Waals surface area contributed by atoms with Crippen LogP contribution in [0, 0.1) is 0 Å². The summed E-state index contributed by atoms with van der Waals surface area (Å²) in [7, 11) is 0. The average Bonchev–Trinajstić information content (AvgIpc) is 2.42. The minimum Gasteiger partial charge on any atom is -0.357 e. The van der Waals surface area contributed by atoms with Gasteiger partial charge in [-0.3, -0.25) is 4.79 Å². The van der Waals surface area contributed by atoms with Crippen molar-refractivity contribution >= 4 is 28.9 Å². The summed E-state index contributed by atoms with van der Waals surface area (Å²) in [5.41, 5.74) is 1.68. The van der Waals surface area contributed by atoms with Gasteiger partial charge in [0.15, 0.2) is 5.82 Å². The molecule has 96 valence electrons. The average molecular weight is 254 g/mol. The smallest absolute Gasteiger partial charge is 0.246 e. The number of fused-ring (bicyclic) bond motifs is 1. The van der Waals surface area contributed by atoms with Gasteiger partial charge in [0.1, 0.15) is 11.9 Å². The van der Waals surface area contributed by atoms with Crippen LogP contribution in [0.15, 0.2) is 42.5 Å². The van der Waals surface area contributed by atoms with E-state index in [0.717, 1.165) is 11.5 Å². The predicted octanol–water partition coefficient (Wildman–Crippen LogP) is 2.58. The fraction of sp³-hybridized carbons (Fsp3) is 0.143. The van der Waals surface area contributed by atoms with Crippen LogP contribution < -0.4 is 16.0 Å². The molecule has 1 atom stereocenters. The van der Waals surface area contributed by atoms with Crippen LogP contribution in [0.25, 0.3) is 0 Å². The number of anilines is 4. The zero-order valence-corrected chi connectivity index (χ0v) is 10.5. The van der Waals surface area contributed by atoms with Crippen molar-refractivity contribution in [3.8, 4) is 0 Å². The zero-order chi connectivity index (χ0) is 13.2. The van der Waals surface area contributed by atoms with Crippen molar-refractivity contribution in [1.29, 1.82) is 0 Å². The Morgan fingerprint density at radius 2 is 1.95 bits per heavy atom. The highest BCUT2D eigenvalue weighted by Gasteiger charge is 2.22. The molecule has 1 amide bonds. The van der Waals surface area contributed by atoms with Gasteiger partial charge in [-0.1, -0.05) is 18.2 Å². The van der Waals surface area contributed by atoms with Gasteiger partial charge in [-0.2, -0.15) is 0 Å². The molecule has 0 fully saturated rings. The van der Waals surface area contributed by atoms with Crippen molar-refractivity contribution in [2.24, 2.45) is 0 Å². The highest BCUT2D eigenvalue weighted by Crippen LogP contribution is 2.27. The lowest BCUT2D eigenvalue weighted by atomic mass is 10.2. The maximum Gasteiger partial charge on any atom is 0.246 e. The molecule has 1 aromatic heterocycles. The van der Waals surface area contributed by atoms with Crippen molar-refractivity contribution in [2.75, 3.05) is 16.0 Å². The number of pyridine rings is 1. The third kappa shape index (κ3) is 2.35. The molecule has 19 heavy (non-hydrogen) atoms. The summed E-state index contributed by atoms with van der Waals surface area (Å²) < 4.78 is 0.